The van der Waals surface area contributed by atoms with Crippen molar-refractivity contribution in [3.8, 4) is 0 Å². The van der Waals surface area contributed by atoms with Crippen LogP contribution in [-0.2, 0) is 9.53 Å². The van der Waals surface area contributed by atoms with Gasteiger partial charge in [-0.25, -0.2) is 4.79 Å². The number of nitrogens with one attached hydrogen (secondary N) is 1. The minimum Gasteiger partial charge on any atom is -0.458 e. The zero-order chi connectivity index (χ0) is 18.4. The fourth-order valence-corrected chi connectivity index (χ4v) is 2.29. The molecule has 2 aromatic rings. The first-order chi connectivity index (χ1) is 11.8. The van der Waals surface area contributed by atoms with E-state index in [2.05, 4.69) is 5.32 Å². The van der Waals surface area contributed by atoms with E-state index in [1.165, 1.54) is 0 Å². The molecule has 0 aromatic heterocycles. The lowest BCUT2D eigenvalue weighted by Gasteiger charge is -2.27. The van der Waals surface area contributed by atoms with Crippen molar-refractivity contribution >= 4 is 11.9 Å². The Morgan fingerprint density at radius 3 is 2.00 bits per heavy atom. The monoisotopic (exact) mass is 341 g/mol. The third-order valence-corrected chi connectivity index (χ3v) is 3.44. The Balaban J connectivity index is 2.25. The van der Waals surface area contributed by atoms with E-state index in [1.807, 2.05) is 0 Å². The van der Waals surface area contributed by atoms with Gasteiger partial charge in [0.2, 0.25) is 0 Å². The van der Waals surface area contributed by atoms with Crippen molar-refractivity contribution in [3.63, 3.8) is 0 Å². The zero-order valence-electron chi connectivity index (χ0n) is 14.6. The van der Waals surface area contributed by atoms with Gasteiger partial charge in [-0.1, -0.05) is 48.5 Å². The number of benzene rings is 2. The number of esters is 1. The van der Waals surface area contributed by atoms with Crippen molar-refractivity contribution in [1.29, 1.82) is 0 Å². The van der Waals surface area contributed by atoms with Gasteiger partial charge in [-0.05, 0) is 38.5 Å². The van der Waals surface area contributed by atoms with E-state index in [-0.39, 0.29) is 0 Å². The second-order valence-corrected chi connectivity index (χ2v) is 6.71. The second kappa shape index (κ2) is 7.94. The van der Waals surface area contributed by atoms with Crippen molar-refractivity contribution in [3.05, 3.63) is 71.8 Å². The molecule has 2 atom stereocenters. The Morgan fingerprint density at radius 2 is 1.48 bits per heavy atom. The molecule has 0 aliphatic rings. The van der Waals surface area contributed by atoms with Gasteiger partial charge in [0.05, 0.1) is 0 Å². The highest BCUT2D eigenvalue weighted by atomic mass is 16.6. The van der Waals surface area contributed by atoms with Crippen LogP contribution in [0.3, 0.4) is 0 Å². The molecule has 5 heteroatoms. The van der Waals surface area contributed by atoms with Crippen LogP contribution in [0.5, 0.6) is 0 Å². The summed E-state index contributed by atoms with van der Waals surface area (Å²) in [5.74, 6) is -1.14. The van der Waals surface area contributed by atoms with Crippen molar-refractivity contribution in [2.24, 2.45) is 0 Å². The summed E-state index contributed by atoms with van der Waals surface area (Å²) in [5.41, 5.74) is 0.187. The van der Waals surface area contributed by atoms with Gasteiger partial charge in [0.25, 0.3) is 5.91 Å². The normalized spacial score (nSPS) is 13.6. The van der Waals surface area contributed by atoms with Crippen LogP contribution in [-0.4, -0.2) is 28.6 Å². The Labute approximate surface area is 147 Å². The molecule has 2 aromatic carbocycles. The number of aliphatic hydroxyl groups is 1. The molecule has 25 heavy (non-hydrogen) atoms. The highest BCUT2D eigenvalue weighted by molar-refractivity contribution is 5.97. The van der Waals surface area contributed by atoms with Crippen molar-refractivity contribution in [2.45, 2.75) is 38.5 Å². The summed E-state index contributed by atoms with van der Waals surface area (Å²) in [5, 5.41) is 13.2. The van der Waals surface area contributed by atoms with Crippen LogP contribution in [0, 0.1) is 0 Å². The van der Waals surface area contributed by atoms with Crippen LogP contribution in [0.25, 0.3) is 0 Å². The number of aliphatic hydroxyl groups excluding tert-OH is 1. The van der Waals surface area contributed by atoms with E-state index in [0.29, 0.717) is 11.1 Å². The average Bonchev–Trinajstić information content (AvgIpc) is 2.59. The van der Waals surface area contributed by atoms with Crippen LogP contribution in [0.15, 0.2) is 60.7 Å². The summed E-state index contributed by atoms with van der Waals surface area (Å²) in [6.07, 6.45) is -1.22. The van der Waals surface area contributed by atoms with Crippen LogP contribution in [0.4, 0.5) is 0 Å². The molecule has 0 aliphatic carbocycles. The highest BCUT2D eigenvalue weighted by Crippen LogP contribution is 2.20. The molecule has 1 amide bonds. The predicted molar refractivity (Wildman–Crippen MR) is 94.9 cm³/mol. The topological polar surface area (TPSA) is 75.6 Å². The molecule has 5 nitrogen and oxygen atoms in total. The van der Waals surface area contributed by atoms with Gasteiger partial charge in [-0.3, -0.25) is 4.79 Å². The first kappa shape index (κ1) is 18.7. The number of hydrogen-bond donors (Lipinski definition) is 2. The van der Waals surface area contributed by atoms with Gasteiger partial charge in [0.1, 0.15) is 11.7 Å². The average molecular weight is 341 g/mol. The smallest absolute Gasteiger partial charge is 0.332 e. The van der Waals surface area contributed by atoms with Gasteiger partial charge in [-0.2, -0.15) is 0 Å². The number of amides is 1. The molecular formula is C20H23NO4. The van der Waals surface area contributed by atoms with E-state index in [0.717, 1.165) is 0 Å². The third-order valence-electron chi connectivity index (χ3n) is 3.44. The summed E-state index contributed by atoms with van der Waals surface area (Å²) < 4.78 is 5.37. The molecule has 0 radical (unpaired) electrons. The lowest BCUT2D eigenvalue weighted by molar-refractivity contribution is -0.160. The van der Waals surface area contributed by atoms with Crippen LogP contribution in [0.1, 0.15) is 42.8 Å². The number of ether oxygens (including phenoxy) is 1. The predicted octanol–water partition coefficient (Wildman–Crippen LogP) is 2.86. The van der Waals surface area contributed by atoms with Gasteiger partial charge in [0, 0.05) is 5.56 Å². The molecule has 0 saturated carbocycles. The lowest BCUT2D eigenvalue weighted by atomic mass is 10.0. The fraction of sp³-hybridized carbons (Fsp3) is 0.300. The second-order valence-electron chi connectivity index (χ2n) is 6.71. The number of rotatable bonds is 5. The molecule has 132 valence electrons. The van der Waals surface area contributed by atoms with E-state index < -0.39 is 29.6 Å². The van der Waals surface area contributed by atoms with E-state index in [4.69, 9.17) is 4.74 Å². The number of carbonyl (C=O) groups is 2. The lowest BCUT2D eigenvalue weighted by Crippen LogP contribution is -2.47. The molecule has 0 spiro atoms. The maximum absolute atomic E-state index is 12.5. The van der Waals surface area contributed by atoms with Crippen molar-refractivity contribution in [2.75, 3.05) is 0 Å². The largest absolute Gasteiger partial charge is 0.458 e. The molecular weight excluding hydrogens is 318 g/mol. The Morgan fingerprint density at radius 1 is 0.960 bits per heavy atom. The highest BCUT2D eigenvalue weighted by Gasteiger charge is 2.33. The quantitative estimate of drug-likeness (QED) is 0.820. The minimum atomic E-state index is -1.22. The summed E-state index contributed by atoms with van der Waals surface area (Å²) in [6, 6.07) is 16.0. The van der Waals surface area contributed by atoms with Crippen LogP contribution >= 0.6 is 0 Å². The first-order valence-corrected chi connectivity index (χ1v) is 8.10. The van der Waals surface area contributed by atoms with E-state index in [1.54, 1.807) is 81.4 Å². The third kappa shape index (κ3) is 5.43. The van der Waals surface area contributed by atoms with Gasteiger partial charge < -0.3 is 15.2 Å². The Bertz CT molecular complexity index is 707. The first-order valence-electron chi connectivity index (χ1n) is 8.10. The fourth-order valence-electron chi connectivity index (χ4n) is 2.29. The standard InChI is InChI=1S/C20H23NO4/c1-20(2,3)25-19(24)16(17(22)14-10-6-4-7-11-14)21-18(23)15-12-8-5-9-13-15/h4-13,16-17,22H,1-3H3,(H,21,23)/t16-,17?/m0/s1. The molecule has 0 heterocycles. The summed E-state index contributed by atoms with van der Waals surface area (Å²) in [6.45, 7) is 5.20. The van der Waals surface area contributed by atoms with E-state index >= 15 is 0 Å². The SMILES string of the molecule is CC(C)(C)OC(=O)[C@@H](NC(=O)c1ccccc1)C(O)c1ccccc1. The molecule has 0 fully saturated rings. The molecule has 2 rings (SSSR count). The Kier molecular flexibility index (Phi) is 5.93. The van der Waals surface area contributed by atoms with Gasteiger partial charge in [-0.15, -0.1) is 0 Å². The maximum Gasteiger partial charge on any atom is 0.332 e. The molecule has 0 aliphatic heterocycles. The maximum atomic E-state index is 12.5. The zero-order valence-corrected chi connectivity index (χ0v) is 14.6. The van der Waals surface area contributed by atoms with E-state index in [9.17, 15) is 14.7 Å². The number of hydrogen-bond acceptors (Lipinski definition) is 4. The summed E-state index contributed by atoms with van der Waals surface area (Å²) in [4.78, 5) is 25.0. The van der Waals surface area contributed by atoms with Crippen LogP contribution in [0.2, 0.25) is 0 Å². The molecule has 2 N–H and O–H groups in total. The summed E-state index contributed by atoms with van der Waals surface area (Å²) in [7, 11) is 0. The Hall–Kier alpha value is -2.66. The molecule has 0 saturated heterocycles. The molecule has 0 bridgehead atoms. The molecule has 1 unspecified atom stereocenters. The summed E-state index contributed by atoms with van der Waals surface area (Å²) >= 11 is 0. The van der Waals surface area contributed by atoms with Crippen molar-refractivity contribution in [1.82, 2.24) is 5.32 Å². The van der Waals surface area contributed by atoms with Crippen molar-refractivity contribution < 1.29 is 19.4 Å². The minimum absolute atomic E-state index is 0.399. The van der Waals surface area contributed by atoms with Gasteiger partial charge >= 0.3 is 5.97 Å². The number of carbonyl (C=O) groups excluding carboxylic acids is 2. The van der Waals surface area contributed by atoms with Gasteiger partial charge in [0.15, 0.2) is 6.04 Å². The van der Waals surface area contributed by atoms with Crippen LogP contribution < -0.4 is 5.32 Å².